The molecule has 0 amide bonds. The van der Waals surface area contributed by atoms with Crippen molar-refractivity contribution >= 4 is 0 Å². The molecule has 0 heterocycles. The molecule has 3 nitrogen and oxygen atoms in total. The third-order valence-corrected chi connectivity index (χ3v) is 1.82. The Morgan fingerprint density at radius 3 is 2.31 bits per heavy atom. The minimum absolute atomic E-state index is 0.0184. The van der Waals surface area contributed by atoms with Crippen molar-refractivity contribution in [2.45, 2.75) is 20.0 Å². The van der Waals surface area contributed by atoms with E-state index in [4.69, 9.17) is 9.84 Å². The van der Waals surface area contributed by atoms with E-state index in [-0.39, 0.29) is 26.3 Å². The maximum atomic E-state index is 12.1. The molecule has 0 aromatic heterocycles. The van der Waals surface area contributed by atoms with Gasteiger partial charge in [0.05, 0.1) is 19.8 Å². The average Bonchev–Trinajstić information content (AvgIpc) is 2.09. The minimum atomic E-state index is -4.23. The highest BCUT2D eigenvalue weighted by molar-refractivity contribution is 4.62. The van der Waals surface area contributed by atoms with E-state index >= 15 is 0 Å². The summed E-state index contributed by atoms with van der Waals surface area (Å²) < 4.78 is 41.5. The number of rotatable bonds is 8. The van der Waals surface area contributed by atoms with Crippen molar-refractivity contribution in [3.05, 3.63) is 0 Å². The lowest BCUT2D eigenvalue weighted by Gasteiger charge is -2.22. The molecule has 98 valence electrons. The van der Waals surface area contributed by atoms with Gasteiger partial charge in [-0.25, -0.2) is 0 Å². The van der Waals surface area contributed by atoms with Gasteiger partial charge in [-0.05, 0) is 5.92 Å². The molecule has 0 aliphatic heterocycles. The lowest BCUT2D eigenvalue weighted by atomic mass is 10.2. The van der Waals surface area contributed by atoms with Crippen molar-refractivity contribution in [2.24, 2.45) is 5.92 Å². The standard InChI is InChI=1S/C10H20F3NO2/c1-9(2)7-16-6-4-14(3-5-15)8-10(11,12)13/h9,15H,3-8H2,1-2H3. The first-order chi connectivity index (χ1) is 7.35. The summed E-state index contributed by atoms with van der Waals surface area (Å²) in [7, 11) is 0. The van der Waals surface area contributed by atoms with Crippen LogP contribution in [0.1, 0.15) is 13.8 Å². The highest BCUT2D eigenvalue weighted by Crippen LogP contribution is 2.15. The summed E-state index contributed by atoms with van der Waals surface area (Å²) in [5.41, 5.74) is 0. The van der Waals surface area contributed by atoms with Crippen molar-refractivity contribution in [3.8, 4) is 0 Å². The number of hydrogen-bond donors (Lipinski definition) is 1. The van der Waals surface area contributed by atoms with Crippen molar-refractivity contribution in [2.75, 3.05) is 39.5 Å². The van der Waals surface area contributed by atoms with Crippen molar-refractivity contribution in [3.63, 3.8) is 0 Å². The third kappa shape index (κ3) is 10.2. The van der Waals surface area contributed by atoms with Gasteiger partial charge in [0, 0.05) is 19.7 Å². The summed E-state index contributed by atoms with van der Waals surface area (Å²) in [6.45, 7) is 3.67. The lowest BCUT2D eigenvalue weighted by Crippen LogP contribution is -2.38. The molecule has 0 aliphatic carbocycles. The molecule has 0 spiro atoms. The van der Waals surface area contributed by atoms with E-state index in [1.165, 1.54) is 0 Å². The smallest absolute Gasteiger partial charge is 0.395 e. The molecule has 0 saturated carbocycles. The van der Waals surface area contributed by atoms with Crippen LogP contribution in [-0.2, 0) is 4.74 Å². The normalized spacial score (nSPS) is 12.8. The zero-order valence-corrected chi connectivity index (χ0v) is 9.76. The van der Waals surface area contributed by atoms with E-state index in [0.29, 0.717) is 12.5 Å². The fourth-order valence-corrected chi connectivity index (χ4v) is 1.18. The predicted octanol–water partition coefficient (Wildman–Crippen LogP) is 1.52. The second kappa shape index (κ2) is 7.86. The van der Waals surface area contributed by atoms with Gasteiger partial charge >= 0.3 is 6.18 Å². The monoisotopic (exact) mass is 243 g/mol. The van der Waals surface area contributed by atoms with Crippen LogP contribution in [0.5, 0.6) is 0 Å². The van der Waals surface area contributed by atoms with Crippen LogP contribution in [0.25, 0.3) is 0 Å². The Kier molecular flexibility index (Phi) is 7.70. The number of halogens is 3. The fourth-order valence-electron chi connectivity index (χ4n) is 1.18. The maximum Gasteiger partial charge on any atom is 0.401 e. The van der Waals surface area contributed by atoms with Gasteiger partial charge in [0.2, 0.25) is 0 Å². The van der Waals surface area contributed by atoms with Crippen LogP contribution < -0.4 is 0 Å². The summed E-state index contributed by atoms with van der Waals surface area (Å²) in [5, 5.41) is 8.63. The Bertz CT molecular complexity index is 174. The van der Waals surface area contributed by atoms with Gasteiger partial charge in [-0.15, -0.1) is 0 Å². The molecular weight excluding hydrogens is 223 g/mol. The number of ether oxygens (including phenoxy) is 1. The summed E-state index contributed by atoms with van der Waals surface area (Å²) in [5.74, 6) is 0.369. The molecule has 0 aliphatic rings. The molecule has 6 heteroatoms. The lowest BCUT2D eigenvalue weighted by molar-refractivity contribution is -0.148. The van der Waals surface area contributed by atoms with Crippen molar-refractivity contribution in [1.82, 2.24) is 4.90 Å². The number of aliphatic hydroxyl groups excluding tert-OH is 1. The predicted molar refractivity (Wildman–Crippen MR) is 55.2 cm³/mol. The summed E-state index contributed by atoms with van der Waals surface area (Å²) in [6.07, 6.45) is -4.23. The Hall–Kier alpha value is -0.330. The summed E-state index contributed by atoms with van der Waals surface area (Å²) in [4.78, 5) is 1.14. The Morgan fingerprint density at radius 2 is 1.88 bits per heavy atom. The first-order valence-electron chi connectivity index (χ1n) is 5.33. The highest BCUT2D eigenvalue weighted by Gasteiger charge is 2.30. The highest BCUT2D eigenvalue weighted by atomic mass is 19.4. The van der Waals surface area contributed by atoms with Gasteiger partial charge in [-0.3, -0.25) is 4.90 Å². The minimum Gasteiger partial charge on any atom is -0.395 e. The van der Waals surface area contributed by atoms with E-state index in [9.17, 15) is 13.2 Å². The average molecular weight is 243 g/mol. The molecule has 0 fully saturated rings. The van der Waals surface area contributed by atoms with Crippen LogP contribution in [-0.4, -0.2) is 55.6 Å². The zero-order valence-electron chi connectivity index (χ0n) is 9.76. The number of alkyl halides is 3. The van der Waals surface area contributed by atoms with E-state index in [2.05, 4.69) is 0 Å². The van der Waals surface area contributed by atoms with Gasteiger partial charge in [-0.2, -0.15) is 13.2 Å². The number of nitrogens with zero attached hydrogens (tertiary/aromatic N) is 1. The van der Waals surface area contributed by atoms with Gasteiger partial charge in [0.25, 0.3) is 0 Å². The molecule has 0 aromatic rings. The van der Waals surface area contributed by atoms with E-state index < -0.39 is 12.7 Å². The number of hydrogen-bond acceptors (Lipinski definition) is 3. The van der Waals surface area contributed by atoms with Crippen LogP contribution in [0, 0.1) is 5.92 Å². The fraction of sp³-hybridized carbons (Fsp3) is 1.00. The van der Waals surface area contributed by atoms with Crippen molar-refractivity contribution in [1.29, 1.82) is 0 Å². The molecule has 0 aromatic carbocycles. The van der Waals surface area contributed by atoms with E-state index in [0.717, 1.165) is 4.90 Å². The van der Waals surface area contributed by atoms with Gasteiger partial charge in [0.1, 0.15) is 0 Å². The second-order valence-electron chi connectivity index (χ2n) is 4.08. The van der Waals surface area contributed by atoms with Gasteiger partial charge < -0.3 is 9.84 Å². The van der Waals surface area contributed by atoms with Gasteiger partial charge in [-0.1, -0.05) is 13.8 Å². The topological polar surface area (TPSA) is 32.7 Å². The molecular formula is C10H20F3NO2. The van der Waals surface area contributed by atoms with Gasteiger partial charge in [0.15, 0.2) is 0 Å². The molecule has 0 rings (SSSR count). The Labute approximate surface area is 94.2 Å². The van der Waals surface area contributed by atoms with Crippen LogP contribution >= 0.6 is 0 Å². The summed E-state index contributed by atoms with van der Waals surface area (Å²) in [6, 6.07) is 0. The molecule has 0 unspecified atom stereocenters. The molecule has 0 atom stereocenters. The maximum absolute atomic E-state index is 12.1. The van der Waals surface area contributed by atoms with Crippen LogP contribution in [0.2, 0.25) is 0 Å². The Morgan fingerprint density at radius 1 is 1.25 bits per heavy atom. The molecule has 0 bridgehead atoms. The molecule has 16 heavy (non-hydrogen) atoms. The largest absolute Gasteiger partial charge is 0.401 e. The molecule has 0 radical (unpaired) electrons. The first kappa shape index (κ1) is 15.7. The third-order valence-electron chi connectivity index (χ3n) is 1.82. The van der Waals surface area contributed by atoms with Crippen LogP contribution in [0.3, 0.4) is 0 Å². The Balaban J connectivity index is 3.76. The SMILES string of the molecule is CC(C)COCCN(CCO)CC(F)(F)F. The zero-order chi connectivity index (χ0) is 12.6. The quantitative estimate of drug-likeness (QED) is 0.656. The molecule has 1 N–H and O–H groups in total. The first-order valence-corrected chi connectivity index (χ1v) is 5.33. The second-order valence-corrected chi connectivity index (χ2v) is 4.08. The summed E-state index contributed by atoms with van der Waals surface area (Å²) >= 11 is 0. The van der Waals surface area contributed by atoms with Crippen LogP contribution in [0.15, 0.2) is 0 Å². The van der Waals surface area contributed by atoms with E-state index in [1.807, 2.05) is 13.8 Å². The molecule has 0 saturated heterocycles. The van der Waals surface area contributed by atoms with Crippen LogP contribution in [0.4, 0.5) is 13.2 Å². The number of aliphatic hydroxyl groups is 1. The van der Waals surface area contributed by atoms with E-state index in [1.54, 1.807) is 0 Å². The van der Waals surface area contributed by atoms with Crippen molar-refractivity contribution < 1.29 is 23.0 Å².